The second-order valence-corrected chi connectivity index (χ2v) is 6.15. The first-order valence-corrected chi connectivity index (χ1v) is 9.19. The zero-order valence-electron chi connectivity index (χ0n) is 16.3. The van der Waals surface area contributed by atoms with E-state index in [9.17, 15) is 9.59 Å². The summed E-state index contributed by atoms with van der Waals surface area (Å²) in [5.74, 6) is 0.0208. The number of nitrogens with one attached hydrogen (secondary N) is 2. The molecule has 3 aromatic carbocycles. The van der Waals surface area contributed by atoms with Gasteiger partial charge in [0, 0.05) is 16.9 Å². The van der Waals surface area contributed by atoms with Gasteiger partial charge < -0.3 is 20.1 Å². The zero-order chi connectivity index (χ0) is 20.6. The normalized spacial score (nSPS) is 10.1. The van der Waals surface area contributed by atoms with Crippen molar-refractivity contribution in [3.63, 3.8) is 0 Å². The van der Waals surface area contributed by atoms with Gasteiger partial charge in [-0.05, 0) is 61.5 Å². The van der Waals surface area contributed by atoms with Crippen LogP contribution < -0.4 is 15.4 Å². The van der Waals surface area contributed by atoms with Crippen molar-refractivity contribution in [2.45, 2.75) is 6.92 Å². The van der Waals surface area contributed by atoms with E-state index < -0.39 is 0 Å². The van der Waals surface area contributed by atoms with E-state index in [1.807, 2.05) is 24.3 Å². The molecule has 0 atom stereocenters. The van der Waals surface area contributed by atoms with E-state index in [-0.39, 0.29) is 11.9 Å². The molecule has 148 valence electrons. The molecule has 0 saturated heterocycles. The van der Waals surface area contributed by atoms with Crippen LogP contribution in [0.4, 0.5) is 17.1 Å². The van der Waals surface area contributed by atoms with E-state index in [0.29, 0.717) is 34.9 Å². The van der Waals surface area contributed by atoms with Crippen LogP contribution in [0.25, 0.3) is 0 Å². The Bertz CT molecular complexity index is 1000. The molecule has 0 aliphatic rings. The molecule has 6 heteroatoms. The maximum absolute atomic E-state index is 12.4. The third-order valence-corrected chi connectivity index (χ3v) is 4.18. The maximum atomic E-state index is 12.4. The van der Waals surface area contributed by atoms with E-state index >= 15 is 0 Å². The molecule has 0 aliphatic heterocycles. The Labute approximate surface area is 169 Å². The van der Waals surface area contributed by atoms with Crippen LogP contribution >= 0.6 is 0 Å². The number of anilines is 3. The van der Waals surface area contributed by atoms with Gasteiger partial charge in [-0.1, -0.05) is 18.2 Å². The van der Waals surface area contributed by atoms with Gasteiger partial charge >= 0.3 is 5.97 Å². The first-order chi connectivity index (χ1) is 14.1. The summed E-state index contributed by atoms with van der Waals surface area (Å²) >= 11 is 0. The number of carbonyl (C=O) groups excluding carboxylic acids is 2. The lowest BCUT2D eigenvalue weighted by atomic mass is 10.1. The van der Waals surface area contributed by atoms with Gasteiger partial charge in [-0.15, -0.1) is 0 Å². The van der Waals surface area contributed by atoms with Crippen molar-refractivity contribution < 1.29 is 19.1 Å². The summed E-state index contributed by atoms with van der Waals surface area (Å²) in [6.45, 7) is 2.08. The molecule has 3 rings (SSSR count). The van der Waals surface area contributed by atoms with Crippen molar-refractivity contribution in [1.29, 1.82) is 0 Å². The quantitative estimate of drug-likeness (QED) is 0.563. The Morgan fingerprint density at radius 1 is 0.897 bits per heavy atom. The Kier molecular flexibility index (Phi) is 6.47. The SMILES string of the molecule is CCOC(=O)c1ccccc1Nc1ccc(NC(=O)c2cccc(OC)c2)cc1. The molecular weight excluding hydrogens is 368 g/mol. The van der Waals surface area contributed by atoms with Crippen LogP contribution in [-0.2, 0) is 4.74 Å². The summed E-state index contributed by atoms with van der Waals surface area (Å²) in [4.78, 5) is 24.5. The van der Waals surface area contributed by atoms with Gasteiger partial charge in [-0.2, -0.15) is 0 Å². The van der Waals surface area contributed by atoms with Crippen molar-refractivity contribution in [1.82, 2.24) is 0 Å². The van der Waals surface area contributed by atoms with Crippen molar-refractivity contribution in [3.8, 4) is 5.75 Å². The molecule has 0 bridgehead atoms. The number of methoxy groups -OCH3 is 1. The molecule has 29 heavy (non-hydrogen) atoms. The monoisotopic (exact) mass is 390 g/mol. The molecule has 0 heterocycles. The maximum Gasteiger partial charge on any atom is 0.340 e. The Hall–Kier alpha value is -3.80. The lowest BCUT2D eigenvalue weighted by molar-refractivity contribution is 0.0527. The summed E-state index contributed by atoms with van der Waals surface area (Å²) in [6.07, 6.45) is 0. The van der Waals surface area contributed by atoms with E-state index in [4.69, 9.17) is 9.47 Å². The van der Waals surface area contributed by atoms with Gasteiger partial charge in [0.15, 0.2) is 0 Å². The second-order valence-electron chi connectivity index (χ2n) is 6.15. The fourth-order valence-corrected chi connectivity index (χ4v) is 2.74. The average Bonchev–Trinajstić information content (AvgIpc) is 2.75. The first kappa shape index (κ1) is 19.9. The number of hydrogen-bond donors (Lipinski definition) is 2. The van der Waals surface area contributed by atoms with Crippen molar-refractivity contribution in [2.24, 2.45) is 0 Å². The third-order valence-electron chi connectivity index (χ3n) is 4.18. The average molecular weight is 390 g/mol. The molecule has 3 aromatic rings. The highest BCUT2D eigenvalue weighted by molar-refractivity contribution is 6.04. The molecule has 6 nitrogen and oxygen atoms in total. The van der Waals surface area contributed by atoms with Crippen LogP contribution in [-0.4, -0.2) is 25.6 Å². The van der Waals surface area contributed by atoms with Crippen LogP contribution in [0.3, 0.4) is 0 Å². The number of carbonyl (C=O) groups is 2. The molecule has 0 aliphatic carbocycles. The predicted octanol–water partition coefficient (Wildman–Crippen LogP) is 4.87. The van der Waals surface area contributed by atoms with Gasteiger partial charge in [0.1, 0.15) is 5.75 Å². The highest BCUT2D eigenvalue weighted by Gasteiger charge is 2.12. The van der Waals surface area contributed by atoms with Crippen LogP contribution in [0.1, 0.15) is 27.6 Å². The fourth-order valence-electron chi connectivity index (χ4n) is 2.74. The van der Waals surface area contributed by atoms with Crippen LogP contribution in [0.15, 0.2) is 72.8 Å². The van der Waals surface area contributed by atoms with E-state index in [1.54, 1.807) is 62.6 Å². The van der Waals surface area contributed by atoms with E-state index in [2.05, 4.69) is 10.6 Å². The van der Waals surface area contributed by atoms with Gasteiger partial charge in [0.2, 0.25) is 0 Å². The summed E-state index contributed by atoms with van der Waals surface area (Å²) in [6, 6.07) is 21.3. The lowest BCUT2D eigenvalue weighted by Gasteiger charge is -2.12. The van der Waals surface area contributed by atoms with Gasteiger partial charge in [0.05, 0.1) is 25.0 Å². The minimum absolute atomic E-state index is 0.225. The predicted molar refractivity (Wildman–Crippen MR) is 113 cm³/mol. The number of ether oxygens (including phenoxy) is 2. The summed E-state index contributed by atoms with van der Waals surface area (Å²) < 4.78 is 10.2. The van der Waals surface area contributed by atoms with Crippen LogP contribution in [0, 0.1) is 0 Å². The van der Waals surface area contributed by atoms with Gasteiger partial charge in [0.25, 0.3) is 5.91 Å². The number of rotatable bonds is 7. The smallest absolute Gasteiger partial charge is 0.340 e. The third kappa shape index (κ3) is 5.13. The van der Waals surface area contributed by atoms with Crippen LogP contribution in [0.5, 0.6) is 5.75 Å². The Balaban J connectivity index is 1.69. The molecule has 2 N–H and O–H groups in total. The number of amides is 1. The summed E-state index contributed by atoms with van der Waals surface area (Å²) in [5, 5.41) is 6.06. The molecule has 0 spiro atoms. The number of para-hydroxylation sites is 1. The molecular formula is C23H22N2O4. The highest BCUT2D eigenvalue weighted by atomic mass is 16.5. The molecule has 0 aromatic heterocycles. The largest absolute Gasteiger partial charge is 0.497 e. The minimum atomic E-state index is -0.377. The standard InChI is InChI=1S/C23H22N2O4/c1-3-29-23(27)20-9-4-5-10-21(20)24-17-11-13-18(14-12-17)25-22(26)16-7-6-8-19(15-16)28-2/h4-15,24H,3H2,1-2H3,(H,25,26). The minimum Gasteiger partial charge on any atom is -0.497 e. The molecule has 0 fully saturated rings. The summed E-state index contributed by atoms with van der Waals surface area (Å²) in [5.41, 5.74) is 3.06. The van der Waals surface area contributed by atoms with E-state index in [1.165, 1.54) is 0 Å². The molecule has 1 amide bonds. The first-order valence-electron chi connectivity index (χ1n) is 9.19. The molecule has 0 radical (unpaired) electrons. The second kappa shape index (κ2) is 9.41. The van der Waals surface area contributed by atoms with Gasteiger partial charge in [-0.3, -0.25) is 4.79 Å². The van der Waals surface area contributed by atoms with Crippen molar-refractivity contribution in [3.05, 3.63) is 83.9 Å². The topological polar surface area (TPSA) is 76.7 Å². The summed E-state index contributed by atoms with van der Waals surface area (Å²) in [7, 11) is 1.56. The number of hydrogen-bond acceptors (Lipinski definition) is 5. The Morgan fingerprint density at radius 2 is 1.62 bits per heavy atom. The molecule has 0 saturated carbocycles. The van der Waals surface area contributed by atoms with Gasteiger partial charge in [-0.25, -0.2) is 4.79 Å². The van der Waals surface area contributed by atoms with Crippen LogP contribution in [0.2, 0.25) is 0 Å². The lowest BCUT2D eigenvalue weighted by Crippen LogP contribution is -2.12. The molecule has 0 unspecified atom stereocenters. The number of esters is 1. The fraction of sp³-hybridized carbons (Fsp3) is 0.130. The highest BCUT2D eigenvalue weighted by Crippen LogP contribution is 2.23. The number of benzene rings is 3. The van der Waals surface area contributed by atoms with Crippen molar-refractivity contribution in [2.75, 3.05) is 24.4 Å². The Morgan fingerprint density at radius 3 is 2.34 bits per heavy atom. The van der Waals surface area contributed by atoms with E-state index in [0.717, 1.165) is 5.69 Å². The van der Waals surface area contributed by atoms with Crippen molar-refractivity contribution >= 4 is 28.9 Å². The zero-order valence-corrected chi connectivity index (χ0v) is 16.3.